The van der Waals surface area contributed by atoms with Gasteiger partial charge in [0.05, 0.1) is 18.8 Å². The maximum absolute atomic E-state index is 12.9. The minimum atomic E-state index is 0.0796. The van der Waals surface area contributed by atoms with Gasteiger partial charge in [0.25, 0.3) is 5.91 Å². The third kappa shape index (κ3) is 3.17. The summed E-state index contributed by atoms with van der Waals surface area (Å²) in [4.78, 5) is 18.0. The van der Waals surface area contributed by atoms with Crippen molar-refractivity contribution < 1.29 is 9.90 Å². The van der Waals surface area contributed by atoms with Crippen LogP contribution in [0.4, 0.5) is 0 Å². The first-order chi connectivity index (χ1) is 12.2. The number of carbonyl (C=O) groups excluding carboxylic acids is 1. The van der Waals surface area contributed by atoms with Crippen molar-refractivity contribution in [2.75, 3.05) is 19.7 Å². The second-order valence-electron chi connectivity index (χ2n) is 6.60. The zero-order valence-electron chi connectivity index (χ0n) is 14.1. The molecule has 130 valence electrons. The molecule has 2 aromatic heterocycles. The van der Waals surface area contributed by atoms with E-state index in [-0.39, 0.29) is 18.4 Å². The molecule has 2 N–H and O–H groups in total. The van der Waals surface area contributed by atoms with Gasteiger partial charge in [-0.05, 0) is 42.5 Å². The number of hydrogen-bond donors (Lipinski definition) is 2. The smallest absolute Gasteiger partial charge is 0.253 e. The lowest BCUT2D eigenvalue weighted by molar-refractivity contribution is 0.0706. The fraction of sp³-hybridized carbons (Fsp3) is 0.368. The Morgan fingerprint density at radius 3 is 3.12 bits per heavy atom. The zero-order chi connectivity index (χ0) is 17.2. The summed E-state index contributed by atoms with van der Waals surface area (Å²) in [6, 6.07) is 9.81. The van der Waals surface area contributed by atoms with E-state index in [0.29, 0.717) is 13.1 Å². The van der Waals surface area contributed by atoms with E-state index in [2.05, 4.69) is 10.1 Å². The number of piperidine rings is 1. The molecule has 4 rings (SSSR count). The number of likely N-dealkylation sites (tertiary alicyclic amines) is 1. The summed E-state index contributed by atoms with van der Waals surface area (Å²) in [7, 11) is 0. The first-order valence-electron chi connectivity index (χ1n) is 8.75. The maximum Gasteiger partial charge on any atom is 0.253 e. The number of aromatic nitrogens is 3. The van der Waals surface area contributed by atoms with Crippen LogP contribution in [0.1, 0.15) is 34.8 Å². The van der Waals surface area contributed by atoms with Gasteiger partial charge in [0, 0.05) is 42.5 Å². The molecule has 1 aromatic carbocycles. The second kappa shape index (κ2) is 6.72. The van der Waals surface area contributed by atoms with Crippen LogP contribution in [0.5, 0.6) is 0 Å². The molecule has 0 spiro atoms. The number of nitrogens with one attached hydrogen (secondary N) is 1. The SMILES string of the molecule is O=C(c1ccc2cc[nH]c2c1)N1CCC[C@H](c2ccn(CCO)n2)C1. The van der Waals surface area contributed by atoms with Gasteiger partial charge in [-0.3, -0.25) is 9.48 Å². The molecule has 0 unspecified atom stereocenters. The molecule has 0 saturated carbocycles. The Hall–Kier alpha value is -2.60. The average Bonchev–Trinajstić information content (AvgIpc) is 3.30. The summed E-state index contributed by atoms with van der Waals surface area (Å²) in [5, 5.41) is 14.7. The van der Waals surface area contributed by atoms with Gasteiger partial charge in [-0.1, -0.05) is 6.07 Å². The third-order valence-electron chi connectivity index (χ3n) is 4.92. The number of H-pyrrole nitrogens is 1. The van der Waals surface area contributed by atoms with Crippen molar-refractivity contribution in [2.24, 2.45) is 0 Å². The summed E-state index contributed by atoms with van der Waals surface area (Å²) in [6.07, 6.45) is 5.80. The van der Waals surface area contributed by atoms with Crippen molar-refractivity contribution in [1.29, 1.82) is 0 Å². The predicted octanol–water partition coefficient (Wildman–Crippen LogP) is 2.38. The number of amides is 1. The van der Waals surface area contributed by atoms with Crippen molar-refractivity contribution in [2.45, 2.75) is 25.3 Å². The second-order valence-corrected chi connectivity index (χ2v) is 6.60. The fourth-order valence-corrected chi connectivity index (χ4v) is 3.59. The number of nitrogens with zero attached hydrogens (tertiary/aromatic N) is 3. The van der Waals surface area contributed by atoms with Gasteiger partial charge in [-0.2, -0.15) is 5.10 Å². The van der Waals surface area contributed by atoms with Gasteiger partial charge < -0.3 is 15.0 Å². The van der Waals surface area contributed by atoms with Crippen molar-refractivity contribution >= 4 is 16.8 Å². The Morgan fingerprint density at radius 2 is 2.24 bits per heavy atom. The molecule has 1 aliphatic rings. The molecule has 1 amide bonds. The Bertz CT molecular complexity index is 882. The van der Waals surface area contributed by atoms with Crippen molar-refractivity contribution in [1.82, 2.24) is 19.7 Å². The van der Waals surface area contributed by atoms with Gasteiger partial charge in [0.1, 0.15) is 0 Å². The molecule has 0 bridgehead atoms. The topological polar surface area (TPSA) is 74.2 Å². The Labute approximate surface area is 146 Å². The number of aromatic amines is 1. The van der Waals surface area contributed by atoms with Crippen LogP contribution in [0, 0.1) is 0 Å². The first-order valence-corrected chi connectivity index (χ1v) is 8.75. The predicted molar refractivity (Wildman–Crippen MR) is 95.5 cm³/mol. The highest BCUT2D eigenvalue weighted by molar-refractivity contribution is 5.98. The summed E-state index contributed by atoms with van der Waals surface area (Å²) in [6.45, 7) is 2.07. The largest absolute Gasteiger partial charge is 0.394 e. The van der Waals surface area contributed by atoms with Crippen LogP contribution in [-0.2, 0) is 6.54 Å². The van der Waals surface area contributed by atoms with E-state index in [0.717, 1.165) is 41.5 Å². The minimum absolute atomic E-state index is 0.0796. The molecule has 1 saturated heterocycles. The summed E-state index contributed by atoms with van der Waals surface area (Å²) in [5.41, 5.74) is 2.72. The molecule has 25 heavy (non-hydrogen) atoms. The molecular weight excluding hydrogens is 316 g/mol. The molecule has 3 aromatic rings. The van der Waals surface area contributed by atoms with E-state index in [1.165, 1.54) is 0 Å². The van der Waals surface area contributed by atoms with E-state index in [4.69, 9.17) is 5.11 Å². The number of rotatable bonds is 4. The Morgan fingerprint density at radius 1 is 1.32 bits per heavy atom. The number of aliphatic hydroxyl groups is 1. The van der Waals surface area contributed by atoms with Gasteiger partial charge in [0.2, 0.25) is 0 Å². The van der Waals surface area contributed by atoms with Crippen LogP contribution < -0.4 is 0 Å². The van der Waals surface area contributed by atoms with Crippen molar-refractivity contribution in [3.05, 3.63) is 54.0 Å². The molecule has 3 heterocycles. The number of aliphatic hydroxyl groups excluding tert-OH is 1. The first kappa shape index (κ1) is 15.9. The summed E-state index contributed by atoms with van der Waals surface area (Å²) >= 11 is 0. The number of hydrogen-bond acceptors (Lipinski definition) is 3. The number of carbonyl (C=O) groups is 1. The molecular formula is C19H22N4O2. The molecule has 1 fully saturated rings. The summed E-state index contributed by atoms with van der Waals surface area (Å²) in [5.74, 6) is 0.336. The third-order valence-corrected chi connectivity index (χ3v) is 4.92. The van der Waals surface area contributed by atoms with Crippen LogP contribution in [0.3, 0.4) is 0 Å². The average molecular weight is 338 g/mol. The molecule has 6 heteroatoms. The quantitative estimate of drug-likeness (QED) is 0.767. The van der Waals surface area contributed by atoms with Crippen molar-refractivity contribution in [3.8, 4) is 0 Å². The standard InChI is InChI=1S/C19H22N4O2/c24-11-10-23-9-6-17(21-23)16-2-1-8-22(13-16)19(25)15-4-3-14-5-7-20-18(14)12-15/h3-7,9,12,16,20,24H,1-2,8,10-11,13H2/t16-/m0/s1. The maximum atomic E-state index is 12.9. The lowest BCUT2D eigenvalue weighted by atomic mass is 9.94. The van der Waals surface area contributed by atoms with Crippen LogP contribution in [0.25, 0.3) is 10.9 Å². The molecule has 6 nitrogen and oxygen atoms in total. The van der Waals surface area contributed by atoms with Crippen LogP contribution in [0.15, 0.2) is 42.7 Å². The fourth-order valence-electron chi connectivity index (χ4n) is 3.59. The van der Waals surface area contributed by atoms with Gasteiger partial charge in [0.15, 0.2) is 0 Å². The van der Waals surface area contributed by atoms with Crippen LogP contribution >= 0.6 is 0 Å². The van der Waals surface area contributed by atoms with Crippen LogP contribution in [-0.4, -0.2) is 50.4 Å². The molecule has 1 atom stereocenters. The highest BCUT2D eigenvalue weighted by atomic mass is 16.3. The highest BCUT2D eigenvalue weighted by Crippen LogP contribution is 2.27. The Kier molecular flexibility index (Phi) is 4.28. The van der Waals surface area contributed by atoms with E-state index in [1.54, 1.807) is 4.68 Å². The molecule has 1 aliphatic heterocycles. The Balaban J connectivity index is 1.50. The van der Waals surface area contributed by atoms with E-state index in [9.17, 15) is 4.79 Å². The van der Waals surface area contributed by atoms with Crippen LogP contribution in [0.2, 0.25) is 0 Å². The van der Waals surface area contributed by atoms with E-state index < -0.39 is 0 Å². The minimum Gasteiger partial charge on any atom is -0.394 e. The van der Waals surface area contributed by atoms with Gasteiger partial charge in [-0.15, -0.1) is 0 Å². The van der Waals surface area contributed by atoms with Crippen molar-refractivity contribution in [3.63, 3.8) is 0 Å². The van der Waals surface area contributed by atoms with Gasteiger partial charge >= 0.3 is 0 Å². The zero-order valence-corrected chi connectivity index (χ0v) is 14.1. The van der Waals surface area contributed by atoms with E-state index >= 15 is 0 Å². The lowest BCUT2D eigenvalue weighted by Crippen LogP contribution is -2.39. The summed E-state index contributed by atoms with van der Waals surface area (Å²) < 4.78 is 1.76. The monoisotopic (exact) mass is 338 g/mol. The van der Waals surface area contributed by atoms with E-state index in [1.807, 2.05) is 47.6 Å². The van der Waals surface area contributed by atoms with Gasteiger partial charge in [-0.25, -0.2) is 0 Å². The number of fused-ring (bicyclic) bond motifs is 1. The lowest BCUT2D eigenvalue weighted by Gasteiger charge is -2.32. The normalized spacial score (nSPS) is 18.0. The molecule has 0 radical (unpaired) electrons. The highest BCUT2D eigenvalue weighted by Gasteiger charge is 2.27. The number of benzene rings is 1. The molecule has 0 aliphatic carbocycles.